The second-order valence-electron chi connectivity index (χ2n) is 3.90. The second kappa shape index (κ2) is 5.05. The van der Waals surface area contributed by atoms with Crippen LogP contribution >= 0.6 is 0 Å². The van der Waals surface area contributed by atoms with Crippen LogP contribution in [0.25, 0.3) is 0 Å². The summed E-state index contributed by atoms with van der Waals surface area (Å²) in [5.74, 6) is -0.0384. The highest BCUT2D eigenvalue weighted by Crippen LogP contribution is 2.23. The number of carbonyl (C=O) groups is 1. The monoisotopic (exact) mass is 253 g/mol. The number of carbonyl (C=O) groups excluding carboxylic acids is 1. The summed E-state index contributed by atoms with van der Waals surface area (Å²) in [6.45, 7) is 1.63. The highest BCUT2D eigenvalue weighted by Gasteiger charge is 2.30. The number of H-pyrrole nitrogens is 1. The van der Waals surface area contributed by atoms with Gasteiger partial charge in [0.1, 0.15) is 6.04 Å². The van der Waals surface area contributed by atoms with Crippen LogP contribution < -0.4 is 26.2 Å². The van der Waals surface area contributed by atoms with E-state index in [0.29, 0.717) is 25.5 Å². The number of rotatable bonds is 3. The molecule has 98 valence electrons. The van der Waals surface area contributed by atoms with E-state index in [0.717, 1.165) is 0 Å². The Morgan fingerprint density at radius 3 is 3.11 bits per heavy atom. The third kappa shape index (κ3) is 2.14. The van der Waals surface area contributed by atoms with E-state index in [1.165, 1.54) is 13.4 Å². The van der Waals surface area contributed by atoms with E-state index in [1.54, 1.807) is 4.90 Å². The summed E-state index contributed by atoms with van der Waals surface area (Å²) in [5.41, 5.74) is 4.96. The van der Waals surface area contributed by atoms with Crippen LogP contribution in [-0.4, -0.2) is 48.7 Å². The minimum Gasteiger partial charge on any atom is -0.489 e. The molecule has 2 rings (SSSR count). The molecule has 1 atom stereocenters. The van der Waals surface area contributed by atoms with Gasteiger partial charge in [-0.05, 0) is 0 Å². The molecule has 1 aliphatic heterocycles. The van der Waals surface area contributed by atoms with Crippen molar-refractivity contribution in [3.8, 4) is 5.75 Å². The normalized spacial score (nSPS) is 19.6. The van der Waals surface area contributed by atoms with Gasteiger partial charge in [0, 0.05) is 19.6 Å². The van der Waals surface area contributed by atoms with Gasteiger partial charge in [-0.1, -0.05) is 0 Å². The maximum atomic E-state index is 11.6. The van der Waals surface area contributed by atoms with E-state index in [-0.39, 0.29) is 11.3 Å². The van der Waals surface area contributed by atoms with Gasteiger partial charge in [-0.25, -0.2) is 4.98 Å². The first-order valence-electron chi connectivity index (χ1n) is 5.53. The van der Waals surface area contributed by atoms with Crippen molar-refractivity contribution in [2.45, 2.75) is 6.04 Å². The summed E-state index contributed by atoms with van der Waals surface area (Å²) in [6.07, 6.45) is 1.28. The molecular weight excluding hydrogens is 238 g/mol. The number of anilines is 1. The molecule has 18 heavy (non-hydrogen) atoms. The number of hydrogen-bond acceptors (Lipinski definition) is 6. The summed E-state index contributed by atoms with van der Waals surface area (Å²) in [5, 5.41) is 3.07. The Morgan fingerprint density at radius 2 is 2.44 bits per heavy atom. The van der Waals surface area contributed by atoms with E-state index < -0.39 is 11.9 Å². The van der Waals surface area contributed by atoms with Gasteiger partial charge in [-0.15, -0.1) is 0 Å². The van der Waals surface area contributed by atoms with Crippen molar-refractivity contribution in [1.29, 1.82) is 0 Å². The lowest BCUT2D eigenvalue weighted by Crippen LogP contribution is -2.57. The minimum absolute atomic E-state index is 0.0886. The van der Waals surface area contributed by atoms with Gasteiger partial charge in [-0.3, -0.25) is 9.59 Å². The molecule has 0 saturated carbocycles. The fraction of sp³-hybridized carbons (Fsp3) is 0.500. The van der Waals surface area contributed by atoms with Crippen LogP contribution in [0.5, 0.6) is 5.75 Å². The molecule has 1 saturated heterocycles. The average molecular weight is 253 g/mol. The van der Waals surface area contributed by atoms with Crippen molar-refractivity contribution >= 4 is 11.7 Å². The molecule has 0 radical (unpaired) electrons. The minimum atomic E-state index is -0.540. The Morgan fingerprint density at radius 1 is 1.67 bits per heavy atom. The molecule has 1 fully saturated rings. The van der Waals surface area contributed by atoms with E-state index >= 15 is 0 Å². The highest BCUT2D eigenvalue weighted by atomic mass is 16.5. The number of methoxy groups -OCH3 is 1. The summed E-state index contributed by atoms with van der Waals surface area (Å²) >= 11 is 0. The number of amides is 1. The van der Waals surface area contributed by atoms with Gasteiger partial charge in [0.2, 0.25) is 11.7 Å². The first-order chi connectivity index (χ1) is 8.65. The number of piperazine rings is 1. The van der Waals surface area contributed by atoms with Crippen LogP contribution in [0, 0.1) is 0 Å². The number of aromatic nitrogens is 2. The lowest BCUT2D eigenvalue weighted by Gasteiger charge is -2.35. The fourth-order valence-corrected chi connectivity index (χ4v) is 1.98. The maximum Gasteiger partial charge on any atom is 0.295 e. The molecular formula is C10H15N5O3. The smallest absolute Gasteiger partial charge is 0.295 e. The number of ether oxygens (including phenoxy) is 1. The summed E-state index contributed by atoms with van der Waals surface area (Å²) < 4.78 is 5.04. The van der Waals surface area contributed by atoms with Gasteiger partial charge >= 0.3 is 0 Å². The molecule has 4 N–H and O–H groups in total. The van der Waals surface area contributed by atoms with Crippen molar-refractivity contribution in [3.63, 3.8) is 0 Å². The van der Waals surface area contributed by atoms with Crippen molar-refractivity contribution in [1.82, 2.24) is 15.3 Å². The van der Waals surface area contributed by atoms with E-state index in [9.17, 15) is 9.59 Å². The van der Waals surface area contributed by atoms with E-state index in [4.69, 9.17) is 10.5 Å². The Bertz CT molecular complexity index is 501. The number of nitrogens with zero attached hydrogens (tertiary/aromatic N) is 2. The zero-order valence-electron chi connectivity index (χ0n) is 9.97. The predicted octanol–water partition coefficient (Wildman–Crippen LogP) is -1.96. The van der Waals surface area contributed by atoms with Gasteiger partial charge in [0.15, 0.2) is 5.82 Å². The zero-order valence-corrected chi connectivity index (χ0v) is 9.97. The Hall–Kier alpha value is -2.09. The van der Waals surface area contributed by atoms with Crippen LogP contribution in [0.4, 0.5) is 5.82 Å². The lowest BCUT2D eigenvalue weighted by atomic mass is 10.2. The second-order valence-corrected chi connectivity index (χ2v) is 3.90. The molecule has 1 aliphatic rings. The summed E-state index contributed by atoms with van der Waals surface area (Å²) in [7, 11) is 1.39. The molecule has 0 aliphatic carbocycles. The van der Waals surface area contributed by atoms with Gasteiger partial charge in [0.05, 0.1) is 13.4 Å². The SMILES string of the molecule is COc1c(N2CCNCC2C(N)=O)nc[nH]c1=O. The van der Waals surface area contributed by atoms with Crippen LogP contribution in [0.1, 0.15) is 0 Å². The Kier molecular flexibility index (Phi) is 3.47. The quantitative estimate of drug-likeness (QED) is 0.576. The third-order valence-corrected chi connectivity index (χ3v) is 2.84. The standard InChI is InChI=1S/C10H15N5O3/c1-18-7-9(13-5-14-10(7)17)15-3-2-12-4-6(15)8(11)16/h5-6,12H,2-4H2,1H3,(H2,11,16)(H,13,14,17). The molecule has 1 aromatic heterocycles. The first kappa shape index (κ1) is 12.4. The molecule has 0 bridgehead atoms. The number of aromatic amines is 1. The maximum absolute atomic E-state index is 11.6. The topological polar surface area (TPSA) is 113 Å². The van der Waals surface area contributed by atoms with Crippen molar-refractivity contribution in [3.05, 3.63) is 16.7 Å². The molecule has 1 unspecified atom stereocenters. The molecule has 0 spiro atoms. The van der Waals surface area contributed by atoms with Crippen LogP contribution in [0.15, 0.2) is 11.1 Å². The van der Waals surface area contributed by atoms with Crippen molar-refractivity contribution in [2.24, 2.45) is 5.73 Å². The molecule has 0 aromatic carbocycles. The molecule has 1 amide bonds. The number of nitrogens with one attached hydrogen (secondary N) is 2. The number of nitrogens with two attached hydrogens (primary N) is 1. The zero-order chi connectivity index (χ0) is 13.1. The number of hydrogen-bond donors (Lipinski definition) is 3. The van der Waals surface area contributed by atoms with Crippen LogP contribution in [0.2, 0.25) is 0 Å². The van der Waals surface area contributed by atoms with Crippen LogP contribution in [-0.2, 0) is 4.79 Å². The average Bonchev–Trinajstić information content (AvgIpc) is 2.38. The molecule has 8 heteroatoms. The van der Waals surface area contributed by atoms with E-state index in [1.807, 2.05) is 0 Å². The van der Waals surface area contributed by atoms with Crippen molar-refractivity contribution < 1.29 is 9.53 Å². The van der Waals surface area contributed by atoms with Gasteiger partial charge < -0.3 is 25.7 Å². The Labute approximate surface area is 103 Å². The first-order valence-corrected chi connectivity index (χ1v) is 5.53. The largest absolute Gasteiger partial charge is 0.489 e. The van der Waals surface area contributed by atoms with Crippen LogP contribution in [0.3, 0.4) is 0 Å². The Balaban J connectivity index is 2.42. The predicted molar refractivity (Wildman–Crippen MR) is 64.6 cm³/mol. The fourth-order valence-electron chi connectivity index (χ4n) is 1.98. The van der Waals surface area contributed by atoms with E-state index in [2.05, 4.69) is 15.3 Å². The van der Waals surface area contributed by atoms with Gasteiger partial charge in [0.25, 0.3) is 5.56 Å². The summed E-state index contributed by atoms with van der Waals surface area (Å²) in [6, 6.07) is -0.540. The molecule has 8 nitrogen and oxygen atoms in total. The summed E-state index contributed by atoms with van der Waals surface area (Å²) in [4.78, 5) is 31.2. The highest BCUT2D eigenvalue weighted by molar-refractivity contribution is 5.84. The van der Waals surface area contributed by atoms with Gasteiger partial charge in [-0.2, -0.15) is 0 Å². The van der Waals surface area contributed by atoms with Crippen molar-refractivity contribution in [2.75, 3.05) is 31.6 Å². The molecule has 1 aromatic rings. The third-order valence-electron chi connectivity index (χ3n) is 2.84. The lowest BCUT2D eigenvalue weighted by molar-refractivity contribution is -0.119. The number of primary amides is 1. The molecule has 2 heterocycles.